The van der Waals surface area contributed by atoms with Gasteiger partial charge >= 0.3 is 0 Å². The van der Waals surface area contributed by atoms with Gasteiger partial charge in [-0.25, -0.2) is 4.98 Å². The van der Waals surface area contributed by atoms with Crippen LogP contribution in [0.25, 0.3) is 33.3 Å². The molecular weight excluding hydrogens is 436 g/mol. The Morgan fingerprint density at radius 2 is 1.66 bits per heavy atom. The van der Waals surface area contributed by atoms with Gasteiger partial charge in [-0.05, 0) is 62.6 Å². The van der Waals surface area contributed by atoms with Crippen LogP contribution in [0.15, 0.2) is 67.0 Å². The maximum absolute atomic E-state index is 12.0. The number of benzene rings is 2. The number of aromatic amines is 1. The summed E-state index contributed by atoms with van der Waals surface area (Å²) < 4.78 is 0. The molecule has 0 unspecified atom stereocenters. The molecule has 0 spiro atoms. The molecule has 0 radical (unpaired) electrons. The van der Waals surface area contributed by atoms with Crippen molar-refractivity contribution in [1.29, 1.82) is 0 Å². The van der Waals surface area contributed by atoms with Crippen LogP contribution in [0, 0.1) is 0 Å². The van der Waals surface area contributed by atoms with Crippen molar-refractivity contribution < 1.29 is 4.79 Å². The highest BCUT2D eigenvalue weighted by atomic mass is 16.2. The van der Waals surface area contributed by atoms with Gasteiger partial charge in [0.1, 0.15) is 5.65 Å². The Bertz CT molecular complexity index is 1300. The Hall–Kier alpha value is -3.68. The molecule has 7 nitrogen and oxygen atoms in total. The van der Waals surface area contributed by atoms with Crippen LogP contribution in [0.4, 0.5) is 11.4 Å². The van der Waals surface area contributed by atoms with Crippen molar-refractivity contribution in [3.05, 3.63) is 67.0 Å². The zero-order chi connectivity index (χ0) is 24.4. The first kappa shape index (κ1) is 23.1. The van der Waals surface area contributed by atoms with Crippen molar-refractivity contribution in [1.82, 2.24) is 19.8 Å². The van der Waals surface area contributed by atoms with Gasteiger partial charge in [-0.15, -0.1) is 0 Å². The maximum Gasteiger partial charge on any atom is 0.238 e. The van der Waals surface area contributed by atoms with Crippen LogP contribution in [0.2, 0.25) is 0 Å². The average Bonchev–Trinajstić information content (AvgIpc) is 3.28. The number of rotatable bonds is 6. The van der Waals surface area contributed by atoms with Crippen LogP contribution in [0.5, 0.6) is 0 Å². The number of nitrogens with zero attached hydrogens (tertiary/aromatic N) is 4. The molecule has 2 N–H and O–H groups in total. The monoisotopic (exact) mass is 468 g/mol. The van der Waals surface area contributed by atoms with Crippen LogP contribution in [0.3, 0.4) is 0 Å². The molecular formula is C28H32N6O. The van der Waals surface area contributed by atoms with E-state index in [0.29, 0.717) is 6.54 Å². The van der Waals surface area contributed by atoms with Gasteiger partial charge in [0.05, 0.1) is 6.54 Å². The number of H-pyrrole nitrogens is 1. The van der Waals surface area contributed by atoms with Gasteiger partial charge in [-0.2, -0.15) is 0 Å². The Morgan fingerprint density at radius 1 is 0.971 bits per heavy atom. The number of likely N-dealkylation sites (N-methyl/N-ethyl adjacent to an activating group) is 2. The first-order valence-electron chi connectivity index (χ1n) is 12.0. The smallest absolute Gasteiger partial charge is 0.238 e. The second kappa shape index (κ2) is 9.90. The SMILES string of the molecule is CN(C)CC(=O)Nc1ccc(-c2c[nH]c3ncc(-c4ccc(N5CCN(C)CC5)cc4)cc23)cc1. The Labute approximate surface area is 206 Å². The summed E-state index contributed by atoms with van der Waals surface area (Å²) in [6.07, 6.45) is 3.93. The molecule has 4 aromatic rings. The zero-order valence-corrected chi connectivity index (χ0v) is 20.6. The highest BCUT2D eigenvalue weighted by Gasteiger charge is 2.15. The topological polar surface area (TPSA) is 67.5 Å². The van der Waals surface area contributed by atoms with Gasteiger partial charge in [0.15, 0.2) is 0 Å². The van der Waals surface area contributed by atoms with Crippen LogP contribution in [-0.4, -0.2) is 79.5 Å². The fraction of sp³-hybridized carbons (Fsp3) is 0.286. The number of piperazine rings is 1. The van der Waals surface area contributed by atoms with E-state index in [1.807, 2.05) is 55.7 Å². The van der Waals surface area contributed by atoms with Gasteiger partial charge in [-0.3, -0.25) is 4.79 Å². The number of nitrogens with one attached hydrogen (secondary N) is 2. The van der Waals surface area contributed by atoms with E-state index in [0.717, 1.165) is 65.2 Å². The number of hydrogen-bond donors (Lipinski definition) is 2. The van der Waals surface area contributed by atoms with Crippen molar-refractivity contribution in [2.45, 2.75) is 0 Å². The molecule has 2 aromatic carbocycles. The summed E-state index contributed by atoms with van der Waals surface area (Å²) in [5.41, 5.74) is 7.34. The first-order chi connectivity index (χ1) is 17.0. The lowest BCUT2D eigenvalue weighted by Gasteiger charge is -2.34. The fourth-order valence-corrected chi connectivity index (χ4v) is 4.55. The quantitative estimate of drug-likeness (QED) is 0.445. The molecule has 1 saturated heterocycles. The van der Waals surface area contributed by atoms with Crippen molar-refractivity contribution in [2.24, 2.45) is 0 Å². The number of amides is 1. The third-order valence-corrected chi connectivity index (χ3v) is 6.54. The van der Waals surface area contributed by atoms with Gasteiger partial charge in [0.25, 0.3) is 0 Å². The summed E-state index contributed by atoms with van der Waals surface area (Å²) >= 11 is 0. The van der Waals surface area contributed by atoms with Gasteiger partial charge in [0.2, 0.25) is 5.91 Å². The molecule has 1 aliphatic heterocycles. The van der Waals surface area contributed by atoms with Crippen molar-refractivity contribution in [3.63, 3.8) is 0 Å². The molecule has 0 atom stereocenters. The molecule has 1 fully saturated rings. The predicted molar refractivity (Wildman–Crippen MR) is 144 cm³/mol. The lowest BCUT2D eigenvalue weighted by molar-refractivity contribution is -0.116. The fourth-order valence-electron chi connectivity index (χ4n) is 4.55. The van der Waals surface area contributed by atoms with E-state index in [2.05, 4.69) is 62.5 Å². The summed E-state index contributed by atoms with van der Waals surface area (Å²) in [7, 11) is 5.94. The second-order valence-corrected chi connectivity index (χ2v) is 9.52. The zero-order valence-electron chi connectivity index (χ0n) is 20.6. The third kappa shape index (κ3) is 5.21. The van der Waals surface area contributed by atoms with E-state index in [9.17, 15) is 4.79 Å². The second-order valence-electron chi connectivity index (χ2n) is 9.52. The third-order valence-electron chi connectivity index (χ3n) is 6.54. The van der Waals surface area contributed by atoms with Crippen molar-refractivity contribution in [3.8, 4) is 22.3 Å². The van der Waals surface area contributed by atoms with E-state index in [-0.39, 0.29) is 5.91 Å². The van der Waals surface area contributed by atoms with E-state index in [4.69, 9.17) is 0 Å². The minimum absolute atomic E-state index is 0.0256. The largest absolute Gasteiger partial charge is 0.369 e. The number of hydrogen-bond acceptors (Lipinski definition) is 5. The van der Waals surface area contributed by atoms with E-state index in [1.165, 1.54) is 5.69 Å². The Balaban J connectivity index is 1.36. The van der Waals surface area contributed by atoms with Crippen molar-refractivity contribution >= 4 is 28.3 Å². The van der Waals surface area contributed by atoms with E-state index >= 15 is 0 Å². The highest BCUT2D eigenvalue weighted by Crippen LogP contribution is 2.32. The molecule has 180 valence electrons. The molecule has 1 amide bonds. The summed E-state index contributed by atoms with van der Waals surface area (Å²) in [5, 5.41) is 4.02. The number of anilines is 2. The van der Waals surface area contributed by atoms with E-state index < -0.39 is 0 Å². The van der Waals surface area contributed by atoms with Gasteiger partial charge in [0, 0.05) is 66.5 Å². The minimum Gasteiger partial charge on any atom is -0.369 e. The molecule has 1 aliphatic rings. The normalized spacial score (nSPS) is 14.6. The standard InChI is InChI=1S/C28H32N6O/c1-32(2)19-27(35)31-23-8-4-21(5-9-23)26-18-30-28-25(26)16-22(17-29-28)20-6-10-24(11-7-20)34-14-12-33(3)13-15-34/h4-11,16-18H,12-15,19H2,1-3H3,(H,29,30)(H,31,35). The number of carbonyl (C=O) groups is 1. The molecule has 7 heteroatoms. The summed E-state index contributed by atoms with van der Waals surface area (Å²) in [6.45, 7) is 4.68. The number of aromatic nitrogens is 2. The lowest BCUT2D eigenvalue weighted by Crippen LogP contribution is -2.44. The first-order valence-corrected chi connectivity index (χ1v) is 12.0. The van der Waals surface area contributed by atoms with Crippen molar-refractivity contribution in [2.75, 3.05) is 64.1 Å². The molecule has 0 aliphatic carbocycles. The van der Waals surface area contributed by atoms with Gasteiger partial charge in [-0.1, -0.05) is 24.3 Å². The number of pyridine rings is 1. The van der Waals surface area contributed by atoms with E-state index in [1.54, 1.807) is 0 Å². The van der Waals surface area contributed by atoms with Crippen LogP contribution in [0.1, 0.15) is 0 Å². The molecule has 3 heterocycles. The number of fused-ring (bicyclic) bond motifs is 1. The maximum atomic E-state index is 12.0. The van der Waals surface area contributed by atoms with Gasteiger partial charge < -0.3 is 25.0 Å². The highest BCUT2D eigenvalue weighted by molar-refractivity contribution is 5.97. The summed E-state index contributed by atoms with van der Waals surface area (Å²) in [6, 6.07) is 19.0. The predicted octanol–water partition coefficient (Wildman–Crippen LogP) is 4.15. The van der Waals surface area contributed by atoms with Crippen LogP contribution in [-0.2, 0) is 4.79 Å². The summed E-state index contributed by atoms with van der Waals surface area (Å²) in [4.78, 5) is 26.7. The average molecular weight is 469 g/mol. The van der Waals surface area contributed by atoms with Crippen LogP contribution >= 0.6 is 0 Å². The Morgan fingerprint density at radius 3 is 2.34 bits per heavy atom. The molecule has 5 rings (SSSR count). The lowest BCUT2D eigenvalue weighted by atomic mass is 10.0. The Kier molecular flexibility index (Phi) is 6.53. The summed E-state index contributed by atoms with van der Waals surface area (Å²) in [5.74, 6) is -0.0256. The molecule has 35 heavy (non-hydrogen) atoms. The van der Waals surface area contributed by atoms with Crippen LogP contribution < -0.4 is 10.2 Å². The molecule has 2 aromatic heterocycles. The number of carbonyl (C=O) groups excluding carboxylic acids is 1. The minimum atomic E-state index is -0.0256. The molecule has 0 saturated carbocycles. The molecule has 0 bridgehead atoms.